The fourth-order valence-corrected chi connectivity index (χ4v) is 3.40. The van der Waals surface area contributed by atoms with Crippen molar-refractivity contribution in [1.82, 2.24) is 5.32 Å². The molecule has 0 aromatic heterocycles. The van der Waals surface area contributed by atoms with Crippen LogP contribution in [0.1, 0.15) is 45.7 Å². The van der Waals surface area contributed by atoms with E-state index in [0.29, 0.717) is 16.9 Å². The van der Waals surface area contributed by atoms with Crippen LogP contribution in [0, 0.1) is 12.7 Å². The van der Waals surface area contributed by atoms with Crippen LogP contribution in [0.25, 0.3) is 11.1 Å². The third-order valence-corrected chi connectivity index (χ3v) is 5.07. The zero-order valence-electron chi connectivity index (χ0n) is 17.9. The first-order valence-corrected chi connectivity index (χ1v) is 10.4. The van der Waals surface area contributed by atoms with Crippen molar-refractivity contribution < 1.29 is 23.8 Å². The molecule has 0 fully saturated rings. The third kappa shape index (κ3) is 5.45. The van der Waals surface area contributed by atoms with Crippen molar-refractivity contribution >= 4 is 23.5 Å². The van der Waals surface area contributed by atoms with Gasteiger partial charge in [0, 0.05) is 17.1 Å². The van der Waals surface area contributed by atoms with Crippen molar-refractivity contribution in [2.45, 2.75) is 33.4 Å². The highest BCUT2D eigenvalue weighted by molar-refractivity contribution is 6.30. The van der Waals surface area contributed by atoms with Gasteiger partial charge in [-0.2, -0.15) is 0 Å². The van der Waals surface area contributed by atoms with Gasteiger partial charge in [-0.3, -0.25) is 4.79 Å². The van der Waals surface area contributed by atoms with E-state index in [1.807, 2.05) is 32.0 Å². The summed E-state index contributed by atoms with van der Waals surface area (Å²) in [6.45, 7) is 5.61. The fraction of sp³-hybridized carbons (Fsp3) is 0.200. The van der Waals surface area contributed by atoms with Crippen LogP contribution in [0.15, 0.2) is 54.6 Å². The summed E-state index contributed by atoms with van der Waals surface area (Å²) in [6, 6.07) is 14.5. The molecule has 0 unspecified atom stereocenters. The summed E-state index contributed by atoms with van der Waals surface area (Å²) in [5, 5.41) is 12.3. The SMILES string of the molecule is Cc1ccc(-c2ccc(OC(C)C)c(CNC(=O)c3ccc(Cl)cc3F)c2)cc1C(=O)O. The second-order valence-electron chi connectivity index (χ2n) is 7.63. The van der Waals surface area contributed by atoms with Crippen LogP contribution >= 0.6 is 11.6 Å². The Bertz CT molecular complexity index is 1180. The van der Waals surface area contributed by atoms with E-state index in [1.54, 1.807) is 25.1 Å². The number of nitrogens with one attached hydrogen (secondary N) is 1. The summed E-state index contributed by atoms with van der Waals surface area (Å²) < 4.78 is 19.9. The van der Waals surface area contributed by atoms with E-state index in [2.05, 4.69) is 5.32 Å². The molecule has 0 spiro atoms. The van der Waals surface area contributed by atoms with Crippen LogP contribution in [0.2, 0.25) is 5.02 Å². The maximum atomic E-state index is 14.1. The van der Waals surface area contributed by atoms with Crippen molar-refractivity contribution in [3.63, 3.8) is 0 Å². The number of ether oxygens (including phenoxy) is 1. The quantitative estimate of drug-likeness (QED) is 0.467. The lowest BCUT2D eigenvalue weighted by Crippen LogP contribution is -2.24. The minimum Gasteiger partial charge on any atom is -0.491 e. The molecule has 3 aromatic carbocycles. The average Bonchev–Trinajstić information content (AvgIpc) is 2.72. The molecule has 3 rings (SSSR count). The van der Waals surface area contributed by atoms with Gasteiger partial charge in [-0.25, -0.2) is 9.18 Å². The molecule has 0 atom stereocenters. The normalized spacial score (nSPS) is 10.8. The summed E-state index contributed by atoms with van der Waals surface area (Å²) in [5.41, 5.74) is 2.94. The molecule has 0 aliphatic rings. The van der Waals surface area contributed by atoms with Crippen molar-refractivity contribution in [1.29, 1.82) is 0 Å². The molecule has 0 saturated heterocycles. The molecular weight excluding hydrogens is 433 g/mol. The Morgan fingerprint density at radius 1 is 1.03 bits per heavy atom. The molecule has 0 saturated carbocycles. The molecule has 7 heteroatoms. The summed E-state index contributed by atoms with van der Waals surface area (Å²) in [5.74, 6) is -1.71. The minimum absolute atomic E-state index is 0.0917. The summed E-state index contributed by atoms with van der Waals surface area (Å²) in [6.07, 6.45) is -0.0954. The monoisotopic (exact) mass is 455 g/mol. The van der Waals surface area contributed by atoms with Crippen LogP contribution in [-0.2, 0) is 6.54 Å². The zero-order chi connectivity index (χ0) is 23.4. The van der Waals surface area contributed by atoms with E-state index in [4.69, 9.17) is 16.3 Å². The van der Waals surface area contributed by atoms with Gasteiger partial charge in [0.25, 0.3) is 5.91 Å². The molecule has 32 heavy (non-hydrogen) atoms. The van der Waals surface area contributed by atoms with E-state index < -0.39 is 17.7 Å². The predicted octanol–water partition coefficient (Wildman–Crippen LogP) is 5.87. The highest BCUT2D eigenvalue weighted by atomic mass is 35.5. The first-order valence-electron chi connectivity index (χ1n) is 10.0. The van der Waals surface area contributed by atoms with Crippen LogP contribution in [0.4, 0.5) is 4.39 Å². The van der Waals surface area contributed by atoms with Crippen molar-refractivity contribution in [2.24, 2.45) is 0 Å². The van der Waals surface area contributed by atoms with E-state index in [9.17, 15) is 19.1 Å². The van der Waals surface area contributed by atoms with E-state index in [1.165, 1.54) is 12.1 Å². The van der Waals surface area contributed by atoms with Crippen molar-refractivity contribution in [3.8, 4) is 16.9 Å². The second kappa shape index (κ2) is 9.83. The number of benzene rings is 3. The maximum absolute atomic E-state index is 14.1. The lowest BCUT2D eigenvalue weighted by atomic mass is 9.98. The third-order valence-electron chi connectivity index (χ3n) is 4.84. The van der Waals surface area contributed by atoms with Gasteiger partial charge >= 0.3 is 5.97 Å². The van der Waals surface area contributed by atoms with Gasteiger partial charge in [0.15, 0.2) is 0 Å². The predicted molar refractivity (Wildman–Crippen MR) is 122 cm³/mol. The molecule has 0 aliphatic heterocycles. The molecule has 0 bridgehead atoms. The average molecular weight is 456 g/mol. The van der Waals surface area contributed by atoms with Crippen molar-refractivity contribution in [3.05, 3.63) is 87.7 Å². The number of carbonyl (C=O) groups excluding carboxylic acids is 1. The Labute approximate surface area is 190 Å². The number of aromatic carboxylic acids is 1. The number of amides is 1. The Hall–Kier alpha value is -3.38. The van der Waals surface area contributed by atoms with Crippen LogP contribution in [0.3, 0.4) is 0 Å². The highest BCUT2D eigenvalue weighted by Crippen LogP contribution is 2.29. The van der Waals surface area contributed by atoms with Gasteiger partial charge in [0.05, 0.1) is 17.2 Å². The van der Waals surface area contributed by atoms with E-state index >= 15 is 0 Å². The van der Waals surface area contributed by atoms with E-state index in [-0.39, 0.29) is 28.8 Å². The lowest BCUT2D eigenvalue weighted by Gasteiger charge is -2.17. The van der Waals surface area contributed by atoms with Gasteiger partial charge < -0.3 is 15.2 Å². The van der Waals surface area contributed by atoms with Crippen molar-refractivity contribution in [2.75, 3.05) is 0 Å². The summed E-state index contributed by atoms with van der Waals surface area (Å²) in [7, 11) is 0. The molecule has 0 heterocycles. The van der Waals surface area contributed by atoms with Crippen LogP contribution in [-0.4, -0.2) is 23.1 Å². The maximum Gasteiger partial charge on any atom is 0.335 e. The Morgan fingerprint density at radius 3 is 2.38 bits per heavy atom. The number of carboxylic acids is 1. The van der Waals surface area contributed by atoms with Crippen LogP contribution < -0.4 is 10.1 Å². The van der Waals surface area contributed by atoms with Gasteiger partial charge in [-0.1, -0.05) is 29.8 Å². The highest BCUT2D eigenvalue weighted by Gasteiger charge is 2.15. The first kappa shape index (κ1) is 23.3. The summed E-state index contributed by atoms with van der Waals surface area (Å²) in [4.78, 5) is 24.0. The largest absolute Gasteiger partial charge is 0.491 e. The second-order valence-corrected chi connectivity index (χ2v) is 8.07. The lowest BCUT2D eigenvalue weighted by molar-refractivity contribution is 0.0695. The summed E-state index contributed by atoms with van der Waals surface area (Å²) >= 11 is 5.75. The number of halogens is 2. The molecule has 3 aromatic rings. The molecule has 0 radical (unpaired) electrons. The Morgan fingerprint density at radius 2 is 1.72 bits per heavy atom. The molecule has 1 amide bonds. The number of carbonyl (C=O) groups is 2. The number of carboxylic acid groups (broad SMARTS) is 1. The number of hydrogen-bond acceptors (Lipinski definition) is 3. The molecule has 5 nitrogen and oxygen atoms in total. The Balaban J connectivity index is 1.92. The fourth-order valence-electron chi connectivity index (χ4n) is 3.24. The van der Waals surface area contributed by atoms with Crippen LogP contribution in [0.5, 0.6) is 5.75 Å². The molecule has 166 valence electrons. The Kier molecular flexibility index (Phi) is 7.15. The van der Waals surface area contributed by atoms with Gasteiger partial charge in [0.2, 0.25) is 0 Å². The number of aryl methyl sites for hydroxylation is 1. The standard InChI is InChI=1S/C25H23ClFNO4/c1-14(2)32-23-9-6-16(17-5-4-15(3)21(11-17)25(30)31)10-18(23)13-28-24(29)20-8-7-19(26)12-22(20)27/h4-12,14H,13H2,1-3H3,(H,28,29)(H,30,31). The van der Waals surface area contributed by atoms with Gasteiger partial charge in [-0.15, -0.1) is 0 Å². The zero-order valence-corrected chi connectivity index (χ0v) is 18.7. The van der Waals surface area contributed by atoms with Gasteiger partial charge in [-0.05, 0) is 73.9 Å². The molecule has 0 aliphatic carbocycles. The smallest absolute Gasteiger partial charge is 0.335 e. The molecule has 2 N–H and O–H groups in total. The van der Waals surface area contributed by atoms with E-state index in [0.717, 1.165) is 17.2 Å². The number of rotatable bonds is 7. The molecular formula is C25H23ClFNO4. The minimum atomic E-state index is -0.999. The first-order chi connectivity index (χ1) is 15.2. The number of hydrogen-bond donors (Lipinski definition) is 2. The topological polar surface area (TPSA) is 75.6 Å². The van der Waals surface area contributed by atoms with Gasteiger partial charge in [0.1, 0.15) is 11.6 Å².